The molecule has 0 radical (unpaired) electrons. The predicted octanol–water partition coefficient (Wildman–Crippen LogP) is 1.94. The van der Waals surface area contributed by atoms with E-state index in [1.165, 1.54) is 11.8 Å². The number of carbonyl (C=O) groups excluding carboxylic acids is 1. The van der Waals surface area contributed by atoms with Crippen LogP contribution in [0.15, 0.2) is 29.4 Å². The number of para-hydroxylation sites is 2. The Labute approximate surface area is 115 Å². The molecule has 0 saturated carbocycles. The summed E-state index contributed by atoms with van der Waals surface area (Å²) in [6, 6.07) is 7.77. The van der Waals surface area contributed by atoms with Gasteiger partial charge in [0.25, 0.3) is 0 Å². The quantitative estimate of drug-likeness (QED) is 0.645. The first-order chi connectivity index (χ1) is 9.03. The molecule has 0 aliphatic heterocycles. The van der Waals surface area contributed by atoms with E-state index in [2.05, 4.69) is 9.97 Å². The molecular formula is C13H17N3O2S. The minimum absolute atomic E-state index is 0.334. The maximum absolute atomic E-state index is 11.7. The molecule has 1 unspecified atom stereocenters. The van der Waals surface area contributed by atoms with E-state index < -0.39 is 11.5 Å². The maximum Gasteiger partial charge on any atom is 0.326 e. The van der Waals surface area contributed by atoms with E-state index in [-0.39, 0.29) is 0 Å². The van der Waals surface area contributed by atoms with Crippen LogP contribution < -0.4 is 5.73 Å². The van der Waals surface area contributed by atoms with Gasteiger partial charge in [-0.05, 0) is 26.0 Å². The zero-order valence-corrected chi connectivity index (χ0v) is 11.8. The van der Waals surface area contributed by atoms with Crippen LogP contribution in [0.3, 0.4) is 0 Å². The molecule has 0 aliphatic carbocycles. The molecule has 1 aromatic carbocycles. The number of H-pyrrole nitrogens is 1. The lowest BCUT2D eigenvalue weighted by molar-refractivity contribution is -0.148. The first-order valence-electron chi connectivity index (χ1n) is 6.06. The summed E-state index contributed by atoms with van der Waals surface area (Å²) in [7, 11) is 0. The largest absolute Gasteiger partial charge is 0.465 e. The molecule has 0 aliphatic rings. The van der Waals surface area contributed by atoms with Crippen LogP contribution in [0, 0.1) is 0 Å². The summed E-state index contributed by atoms with van der Waals surface area (Å²) in [5.74, 6) is 0.0182. The molecular weight excluding hydrogens is 262 g/mol. The fraction of sp³-hybridized carbons (Fsp3) is 0.385. The third kappa shape index (κ3) is 3.27. The van der Waals surface area contributed by atoms with Gasteiger partial charge in [0, 0.05) is 5.75 Å². The Kier molecular flexibility index (Phi) is 4.11. The Morgan fingerprint density at radius 1 is 1.53 bits per heavy atom. The Morgan fingerprint density at radius 2 is 2.26 bits per heavy atom. The number of ether oxygens (including phenoxy) is 1. The fourth-order valence-corrected chi connectivity index (χ4v) is 2.47. The van der Waals surface area contributed by atoms with Crippen LogP contribution in [-0.2, 0) is 9.53 Å². The van der Waals surface area contributed by atoms with Crippen LogP contribution >= 0.6 is 11.8 Å². The Hall–Kier alpha value is -1.53. The molecule has 0 fully saturated rings. The van der Waals surface area contributed by atoms with E-state index >= 15 is 0 Å². The number of nitrogens with two attached hydrogens (primary N) is 1. The molecule has 2 aromatic rings. The first kappa shape index (κ1) is 13.9. The van der Waals surface area contributed by atoms with Gasteiger partial charge in [-0.15, -0.1) is 0 Å². The van der Waals surface area contributed by atoms with Crippen molar-refractivity contribution in [3.05, 3.63) is 24.3 Å². The lowest BCUT2D eigenvalue weighted by Crippen LogP contribution is -2.48. The third-order valence-electron chi connectivity index (χ3n) is 2.62. The molecule has 102 valence electrons. The van der Waals surface area contributed by atoms with Crippen LogP contribution in [0.25, 0.3) is 11.0 Å². The van der Waals surface area contributed by atoms with E-state index in [4.69, 9.17) is 10.5 Å². The summed E-state index contributed by atoms with van der Waals surface area (Å²) in [5.41, 5.74) is 6.81. The number of carbonyl (C=O) groups is 1. The number of fused-ring (bicyclic) bond motifs is 1. The number of aromatic amines is 1. The summed E-state index contributed by atoms with van der Waals surface area (Å²) < 4.78 is 4.95. The van der Waals surface area contributed by atoms with Crippen LogP contribution in [0.1, 0.15) is 13.8 Å². The number of benzene rings is 1. The average molecular weight is 279 g/mol. The number of rotatable bonds is 5. The van der Waals surface area contributed by atoms with E-state index in [0.29, 0.717) is 12.4 Å². The number of imidazole rings is 1. The summed E-state index contributed by atoms with van der Waals surface area (Å²) in [4.78, 5) is 19.3. The molecule has 0 saturated heterocycles. The molecule has 1 heterocycles. The van der Waals surface area contributed by atoms with Gasteiger partial charge in [0.2, 0.25) is 0 Å². The molecule has 0 spiro atoms. The maximum atomic E-state index is 11.7. The van der Waals surface area contributed by atoms with Crippen LogP contribution in [0.4, 0.5) is 0 Å². The second-order valence-electron chi connectivity index (χ2n) is 4.49. The van der Waals surface area contributed by atoms with Gasteiger partial charge in [-0.1, -0.05) is 23.9 Å². The molecule has 1 atom stereocenters. The minimum Gasteiger partial charge on any atom is -0.465 e. The normalized spacial score (nSPS) is 14.3. The number of nitrogens with one attached hydrogen (secondary N) is 1. The second-order valence-corrected chi connectivity index (χ2v) is 5.45. The number of thioether (sulfide) groups is 1. The van der Waals surface area contributed by atoms with Crippen LogP contribution in [0.2, 0.25) is 0 Å². The molecule has 0 amide bonds. The average Bonchev–Trinajstić information content (AvgIpc) is 2.79. The SMILES string of the molecule is CCOC(=O)C(C)(N)CSc1nc2ccccc2[nH]1. The van der Waals surface area contributed by atoms with E-state index in [1.807, 2.05) is 24.3 Å². The first-order valence-corrected chi connectivity index (χ1v) is 7.05. The van der Waals surface area contributed by atoms with Gasteiger partial charge in [-0.3, -0.25) is 4.79 Å². The molecule has 19 heavy (non-hydrogen) atoms. The van der Waals surface area contributed by atoms with Crippen molar-refractivity contribution < 1.29 is 9.53 Å². The molecule has 0 bridgehead atoms. The zero-order chi connectivity index (χ0) is 13.9. The minimum atomic E-state index is -1.01. The molecule has 2 rings (SSSR count). The van der Waals surface area contributed by atoms with Gasteiger partial charge in [0.15, 0.2) is 5.16 Å². The van der Waals surface area contributed by atoms with Crippen molar-refractivity contribution >= 4 is 28.8 Å². The summed E-state index contributed by atoms with van der Waals surface area (Å²) in [6.45, 7) is 3.77. The summed E-state index contributed by atoms with van der Waals surface area (Å²) in [6.07, 6.45) is 0. The van der Waals surface area contributed by atoms with Crippen molar-refractivity contribution in [3.63, 3.8) is 0 Å². The highest BCUT2D eigenvalue weighted by atomic mass is 32.2. The lowest BCUT2D eigenvalue weighted by Gasteiger charge is -2.20. The van der Waals surface area contributed by atoms with Crippen molar-refractivity contribution in [2.24, 2.45) is 5.73 Å². The number of hydrogen-bond acceptors (Lipinski definition) is 5. The standard InChI is InChI=1S/C13H17N3O2S/c1-3-18-11(17)13(2,14)8-19-12-15-9-6-4-5-7-10(9)16-12/h4-7H,3,8,14H2,1-2H3,(H,15,16). The van der Waals surface area contributed by atoms with Gasteiger partial charge < -0.3 is 15.5 Å². The monoisotopic (exact) mass is 279 g/mol. The molecule has 5 nitrogen and oxygen atoms in total. The number of hydrogen-bond donors (Lipinski definition) is 2. The van der Waals surface area contributed by atoms with Crippen molar-refractivity contribution in [2.75, 3.05) is 12.4 Å². The summed E-state index contributed by atoms with van der Waals surface area (Å²) in [5, 5.41) is 0.752. The molecule has 6 heteroatoms. The van der Waals surface area contributed by atoms with E-state index in [0.717, 1.165) is 16.2 Å². The Morgan fingerprint density at radius 3 is 2.95 bits per heavy atom. The Balaban J connectivity index is 2.03. The topological polar surface area (TPSA) is 81.0 Å². The van der Waals surface area contributed by atoms with E-state index in [1.54, 1.807) is 13.8 Å². The Bertz CT molecular complexity index is 547. The highest BCUT2D eigenvalue weighted by Gasteiger charge is 2.30. The lowest BCUT2D eigenvalue weighted by atomic mass is 10.1. The van der Waals surface area contributed by atoms with Crippen molar-refractivity contribution in [1.29, 1.82) is 0 Å². The highest BCUT2D eigenvalue weighted by Crippen LogP contribution is 2.22. The number of esters is 1. The fourth-order valence-electron chi connectivity index (χ4n) is 1.57. The van der Waals surface area contributed by atoms with Crippen molar-refractivity contribution in [1.82, 2.24) is 9.97 Å². The van der Waals surface area contributed by atoms with Crippen LogP contribution in [-0.4, -0.2) is 33.8 Å². The molecule has 1 aromatic heterocycles. The van der Waals surface area contributed by atoms with Crippen molar-refractivity contribution in [3.8, 4) is 0 Å². The summed E-state index contributed by atoms with van der Waals surface area (Å²) >= 11 is 1.41. The zero-order valence-electron chi connectivity index (χ0n) is 11.0. The molecule has 3 N–H and O–H groups in total. The van der Waals surface area contributed by atoms with Gasteiger partial charge in [0.1, 0.15) is 5.54 Å². The van der Waals surface area contributed by atoms with Gasteiger partial charge >= 0.3 is 5.97 Å². The third-order valence-corrected chi connectivity index (χ3v) is 3.83. The van der Waals surface area contributed by atoms with Gasteiger partial charge in [-0.2, -0.15) is 0 Å². The number of nitrogens with zero attached hydrogens (tertiary/aromatic N) is 1. The van der Waals surface area contributed by atoms with Gasteiger partial charge in [-0.25, -0.2) is 4.98 Å². The van der Waals surface area contributed by atoms with E-state index in [9.17, 15) is 4.79 Å². The van der Waals surface area contributed by atoms with Crippen LogP contribution in [0.5, 0.6) is 0 Å². The highest BCUT2D eigenvalue weighted by molar-refractivity contribution is 7.99. The smallest absolute Gasteiger partial charge is 0.326 e. The number of aromatic nitrogens is 2. The van der Waals surface area contributed by atoms with Gasteiger partial charge in [0.05, 0.1) is 17.6 Å². The van der Waals surface area contributed by atoms with Crippen molar-refractivity contribution in [2.45, 2.75) is 24.5 Å². The second kappa shape index (κ2) is 5.63. The predicted molar refractivity (Wildman–Crippen MR) is 76.0 cm³/mol.